The van der Waals surface area contributed by atoms with E-state index in [0.29, 0.717) is 23.3 Å². The van der Waals surface area contributed by atoms with Crippen molar-refractivity contribution >= 4 is 27.5 Å². The van der Waals surface area contributed by atoms with Crippen LogP contribution in [0.25, 0.3) is 10.2 Å². The minimum atomic E-state index is -0.339. The summed E-state index contributed by atoms with van der Waals surface area (Å²) in [5.41, 5.74) is 1.42. The average Bonchev–Trinajstić information content (AvgIpc) is 3.01. The molecule has 0 N–H and O–H groups in total. The maximum absolute atomic E-state index is 12.8. The molecule has 2 aromatic heterocycles. The quantitative estimate of drug-likeness (QED) is 0.638. The molecular weight excluding hydrogens is 348 g/mol. The molecule has 0 unspecified atom stereocenters. The second-order valence-electron chi connectivity index (χ2n) is 6.49. The Bertz CT molecular complexity index is 1000. The Labute approximate surface area is 156 Å². The number of nitrogens with zero attached hydrogens (tertiary/aromatic N) is 2. The van der Waals surface area contributed by atoms with Crippen molar-refractivity contribution in [1.29, 1.82) is 0 Å². The van der Waals surface area contributed by atoms with Gasteiger partial charge in [0.25, 0.3) is 5.56 Å². The third-order valence-electron chi connectivity index (χ3n) is 4.11. The van der Waals surface area contributed by atoms with Crippen LogP contribution in [0.15, 0.2) is 35.1 Å². The molecule has 3 aromatic rings. The van der Waals surface area contributed by atoms with Crippen molar-refractivity contribution in [3.05, 3.63) is 62.5 Å². The molecule has 6 heteroatoms. The highest BCUT2D eigenvalue weighted by atomic mass is 32.1. The highest BCUT2D eigenvalue weighted by Gasteiger charge is 2.13. The van der Waals surface area contributed by atoms with Gasteiger partial charge in [0, 0.05) is 4.88 Å². The highest BCUT2D eigenvalue weighted by molar-refractivity contribution is 7.18. The summed E-state index contributed by atoms with van der Waals surface area (Å²) in [7, 11) is 0. The fourth-order valence-electron chi connectivity index (χ4n) is 2.74. The van der Waals surface area contributed by atoms with Crippen LogP contribution in [0.2, 0.25) is 0 Å². The first kappa shape index (κ1) is 18.3. The molecule has 5 nitrogen and oxygen atoms in total. The van der Waals surface area contributed by atoms with Gasteiger partial charge < -0.3 is 4.74 Å². The van der Waals surface area contributed by atoms with Crippen LogP contribution in [0.5, 0.6) is 0 Å². The lowest BCUT2D eigenvalue weighted by Crippen LogP contribution is -2.23. The molecule has 0 spiro atoms. The minimum absolute atomic E-state index is 0.0215. The molecule has 2 heterocycles. The molecule has 26 heavy (non-hydrogen) atoms. The van der Waals surface area contributed by atoms with Gasteiger partial charge in [-0.2, -0.15) is 0 Å². The summed E-state index contributed by atoms with van der Waals surface area (Å²) >= 11 is 1.57. The van der Waals surface area contributed by atoms with E-state index in [1.165, 1.54) is 0 Å². The number of hydrogen-bond donors (Lipinski definition) is 0. The SMILES string of the molecule is CCc1cc2c(=O)n(Cc3ccc(C(=O)OC(C)C)cc3)c(C)nc2s1. The largest absolute Gasteiger partial charge is 0.459 e. The van der Waals surface area contributed by atoms with Gasteiger partial charge in [-0.15, -0.1) is 11.3 Å². The molecule has 0 saturated carbocycles. The van der Waals surface area contributed by atoms with Gasteiger partial charge in [0.1, 0.15) is 10.7 Å². The first-order chi connectivity index (χ1) is 12.4. The van der Waals surface area contributed by atoms with E-state index in [4.69, 9.17) is 4.74 Å². The Hall–Kier alpha value is -2.47. The van der Waals surface area contributed by atoms with Crippen molar-refractivity contribution in [3.63, 3.8) is 0 Å². The number of ether oxygens (including phenoxy) is 1. The number of carbonyl (C=O) groups excluding carboxylic acids is 1. The topological polar surface area (TPSA) is 61.2 Å². The van der Waals surface area contributed by atoms with E-state index in [1.807, 2.05) is 39.0 Å². The van der Waals surface area contributed by atoms with Crippen LogP contribution in [0, 0.1) is 6.92 Å². The van der Waals surface area contributed by atoms with E-state index < -0.39 is 0 Å². The number of aryl methyl sites for hydroxylation is 2. The normalized spacial score (nSPS) is 11.3. The number of carbonyl (C=O) groups is 1. The zero-order chi connectivity index (χ0) is 18.8. The molecule has 0 aliphatic heterocycles. The van der Waals surface area contributed by atoms with E-state index in [0.717, 1.165) is 21.7 Å². The molecule has 0 saturated heterocycles. The number of thiophene rings is 1. The van der Waals surface area contributed by atoms with E-state index >= 15 is 0 Å². The monoisotopic (exact) mass is 370 g/mol. The molecule has 1 aromatic carbocycles. The van der Waals surface area contributed by atoms with Crippen molar-refractivity contribution in [3.8, 4) is 0 Å². The van der Waals surface area contributed by atoms with Crippen LogP contribution in [0.4, 0.5) is 0 Å². The fourth-order valence-corrected chi connectivity index (χ4v) is 3.74. The van der Waals surface area contributed by atoms with Gasteiger partial charge in [0.2, 0.25) is 0 Å². The number of benzene rings is 1. The lowest BCUT2D eigenvalue weighted by molar-refractivity contribution is 0.0378. The molecule has 0 radical (unpaired) electrons. The number of fused-ring (bicyclic) bond motifs is 1. The lowest BCUT2D eigenvalue weighted by Gasteiger charge is -2.11. The van der Waals surface area contributed by atoms with Gasteiger partial charge in [-0.05, 0) is 51.0 Å². The first-order valence-electron chi connectivity index (χ1n) is 8.68. The average molecular weight is 370 g/mol. The second kappa shape index (κ2) is 7.41. The van der Waals surface area contributed by atoms with Gasteiger partial charge in [-0.25, -0.2) is 9.78 Å². The molecule has 0 aliphatic rings. The number of esters is 1. The summed E-state index contributed by atoms with van der Waals surface area (Å²) in [4.78, 5) is 31.3. The minimum Gasteiger partial charge on any atom is -0.459 e. The van der Waals surface area contributed by atoms with Crippen LogP contribution in [0.1, 0.15) is 47.4 Å². The van der Waals surface area contributed by atoms with Gasteiger partial charge in [-0.1, -0.05) is 19.1 Å². The molecule has 136 valence electrons. The summed E-state index contributed by atoms with van der Waals surface area (Å²) < 4.78 is 6.87. The standard InChI is InChI=1S/C20H22N2O3S/c1-5-16-10-17-18(26-16)21-13(4)22(19(17)23)11-14-6-8-15(9-7-14)20(24)25-12(2)3/h6-10,12H,5,11H2,1-4H3. The lowest BCUT2D eigenvalue weighted by atomic mass is 10.1. The maximum Gasteiger partial charge on any atom is 0.338 e. The Balaban J connectivity index is 1.89. The zero-order valence-electron chi connectivity index (χ0n) is 15.4. The molecule has 0 fully saturated rings. The maximum atomic E-state index is 12.8. The summed E-state index contributed by atoms with van der Waals surface area (Å²) in [6, 6.07) is 9.09. The number of hydrogen-bond acceptors (Lipinski definition) is 5. The third kappa shape index (κ3) is 3.70. The van der Waals surface area contributed by atoms with Gasteiger partial charge in [-0.3, -0.25) is 9.36 Å². The Morgan fingerprint density at radius 2 is 1.96 bits per heavy atom. The van der Waals surface area contributed by atoms with Crippen LogP contribution < -0.4 is 5.56 Å². The van der Waals surface area contributed by atoms with Crippen LogP contribution in [-0.4, -0.2) is 21.6 Å². The predicted octanol–water partition coefficient (Wildman–Crippen LogP) is 3.94. The molecule has 3 rings (SSSR count). The van der Waals surface area contributed by atoms with Crippen molar-refractivity contribution in [2.45, 2.75) is 46.8 Å². The summed E-state index contributed by atoms with van der Waals surface area (Å²) in [5.74, 6) is 0.351. The number of aromatic nitrogens is 2. The fraction of sp³-hybridized carbons (Fsp3) is 0.350. The Morgan fingerprint density at radius 1 is 1.27 bits per heavy atom. The van der Waals surface area contributed by atoms with Crippen LogP contribution in [0.3, 0.4) is 0 Å². The van der Waals surface area contributed by atoms with E-state index in [1.54, 1.807) is 28.0 Å². The highest BCUT2D eigenvalue weighted by Crippen LogP contribution is 2.22. The molecule has 0 amide bonds. The van der Waals surface area contributed by atoms with Crippen molar-refractivity contribution in [2.75, 3.05) is 0 Å². The second-order valence-corrected chi connectivity index (χ2v) is 7.60. The van der Waals surface area contributed by atoms with Gasteiger partial charge >= 0.3 is 5.97 Å². The molecular formula is C20H22N2O3S. The molecule has 0 aliphatic carbocycles. The van der Waals surface area contributed by atoms with Gasteiger partial charge in [0.05, 0.1) is 23.6 Å². The third-order valence-corrected chi connectivity index (χ3v) is 5.29. The van der Waals surface area contributed by atoms with Crippen LogP contribution >= 0.6 is 11.3 Å². The Morgan fingerprint density at radius 3 is 2.58 bits per heavy atom. The first-order valence-corrected chi connectivity index (χ1v) is 9.50. The smallest absolute Gasteiger partial charge is 0.338 e. The van der Waals surface area contributed by atoms with Gasteiger partial charge in [0.15, 0.2) is 0 Å². The van der Waals surface area contributed by atoms with E-state index in [9.17, 15) is 9.59 Å². The van der Waals surface area contributed by atoms with Crippen LogP contribution in [-0.2, 0) is 17.7 Å². The number of rotatable bonds is 5. The van der Waals surface area contributed by atoms with Crippen molar-refractivity contribution in [2.24, 2.45) is 0 Å². The summed E-state index contributed by atoms with van der Waals surface area (Å²) in [6.45, 7) is 7.98. The summed E-state index contributed by atoms with van der Waals surface area (Å²) in [5, 5.41) is 0.676. The Kier molecular flexibility index (Phi) is 5.23. The van der Waals surface area contributed by atoms with Crippen molar-refractivity contribution in [1.82, 2.24) is 9.55 Å². The van der Waals surface area contributed by atoms with E-state index in [-0.39, 0.29) is 17.6 Å². The molecule has 0 bridgehead atoms. The predicted molar refractivity (Wildman–Crippen MR) is 104 cm³/mol. The van der Waals surface area contributed by atoms with Crippen molar-refractivity contribution < 1.29 is 9.53 Å². The van der Waals surface area contributed by atoms with E-state index in [2.05, 4.69) is 11.9 Å². The zero-order valence-corrected chi connectivity index (χ0v) is 16.2. The summed E-state index contributed by atoms with van der Waals surface area (Å²) in [6.07, 6.45) is 0.743. The molecule has 0 atom stereocenters.